The van der Waals surface area contributed by atoms with Crippen molar-refractivity contribution in [2.75, 3.05) is 17.2 Å². The summed E-state index contributed by atoms with van der Waals surface area (Å²) in [6.07, 6.45) is 2.66. The van der Waals surface area contributed by atoms with Crippen LogP contribution in [0, 0.1) is 0 Å². The Hall–Kier alpha value is -1.33. The number of halogens is 1. The van der Waals surface area contributed by atoms with E-state index in [-0.39, 0.29) is 0 Å². The highest BCUT2D eigenvalue weighted by Gasteiger charge is 2.07. The van der Waals surface area contributed by atoms with Crippen LogP contribution in [-0.2, 0) is 13.0 Å². The van der Waals surface area contributed by atoms with Gasteiger partial charge in [-0.05, 0) is 30.4 Å². The van der Waals surface area contributed by atoms with Crippen molar-refractivity contribution in [3.63, 3.8) is 0 Å². The molecule has 0 unspecified atom stereocenters. The number of hydrogen-bond acceptors (Lipinski definition) is 5. The fourth-order valence-corrected chi connectivity index (χ4v) is 2.81. The predicted octanol–water partition coefficient (Wildman–Crippen LogP) is 3.80. The monoisotopic (exact) mass is 296 g/mol. The van der Waals surface area contributed by atoms with Crippen LogP contribution in [0.5, 0.6) is 0 Å². The summed E-state index contributed by atoms with van der Waals surface area (Å²) in [5, 5.41) is 9.00. The molecule has 2 heterocycles. The van der Waals surface area contributed by atoms with Crippen molar-refractivity contribution in [3.8, 4) is 0 Å². The van der Waals surface area contributed by atoms with Crippen LogP contribution < -0.4 is 10.6 Å². The highest BCUT2D eigenvalue weighted by molar-refractivity contribution is 7.10. The Morgan fingerprint density at radius 1 is 1.32 bits per heavy atom. The lowest BCUT2D eigenvalue weighted by atomic mass is 10.2. The maximum absolute atomic E-state index is 6.10. The molecule has 2 rings (SSSR count). The third kappa shape index (κ3) is 3.58. The summed E-state index contributed by atoms with van der Waals surface area (Å²) < 4.78 is 0. The van der Waals surface area contributed by atoms with Crippen LogP contribution in [0.4, 0.5) is 11.8 Å². The number of rotatable bonds is 6. The van der Waals surface area contributed by atoms with Crippen LogP contribution in [0.1, 0.15) is 24.3 Å². The molecule has 0 saturated carbocycles. The number of hydrogen-bond donors (Lipinski definition) is 2. The van der Waals surface area contributed by atoms with Crippen LogP contribution in [0.2, 0.25) is 5.02 Å². The van der Waals surface area contributed by atoms with Gasteiger partial charge in [-0.15, -0.1) is 11.3 Å². The Morgan fingerprint density at radius 3 is 2.89 bits per heavy atom. The van der Waals surface area contributed by atoms with E-state index in [1.54, 1.807) is 17.5 Å². The fourth-order valence-electron chi connectivity index (χ4n) is 1.74. The van der Waals surface area contributed by atoms with Gasteiger partial charge in [0.25, 0.3) is 0 Å². The lowest BCUT2D eigenvalue weighted by molar-refractivity contribution is 1.04. The van der Waals surface area contributed by atoms with Crippen molar-refractivity contribution >= 4 is 34.7 Å². The minimum absolute atomic E-state index is 0.538. The van der Waals surface area contributed by atoms with E-state index in [4.69, 9.17) is 11.6 Å². The van der Waals surface area contributed by atoms with Crippen LogP contribution in [0.25, 0.3) is 0 Å². The van der Waals surface area contributed by atoms with Gasteiger partial charge in [0.2, 0.25) is 5.95 Å². The Labute approximate surface area is 122 Å². The highest BCUT2D eigenvalue weighted by Crippen LogP contribution is 2.23. The first-order valence-electron chi connectivity index (χ1n) is 6.30. The molecule has 4 nitrogen and oxygen atoms in total. The van der Waals surface area contributed by atoms with Crippen molar-refractivity contribution in [1.29, 1.82) is 0 Å². The summed E-state index contributed by atoms with van der Waals surface area (Å²) >= 11 is 7.85. The molecular formula is C13H17ClN4S. The summed E-state index contributed by atoms with van der Waals surface area (Å²) in [7, 11) is 0. The van der Waals surface area contributed by atoms with Gasteiger partial charge in [-0.2, -0.15) is 4.98 Å². The molecule has 0 aliphatic carbocycles. The van der Waals surface area contributed by atoms with Gasteiger partial charge in [0.05, 0.1) is 12.7 Å². The zero-order chi connectivity index (χ0) is 13.7. The van der Waals surface area contributed by atoms with Gasteiger partial charge in [-0.1, -0.05) is 18.5 Å². The van der Waals surface area contributed by atoms with Gasteiger partial charge < -0.3 is 10.6 Å². The Morgan fingerprint density at radius 2 is 2.16 bits per heavy atom. The second-order valence-electron chi connectivity index (χ2n) is 4.00. The number of thiophene rings is 1. The number of nitrogens with zero attached hydrogens (tertiary/aromatic N) is 2. The predicted molar refractivity (Wildman–Crippen MR) is 82.2 cm³/mol. The van der Waals surface area contributed by atoms with E-state index in [1.807, 2.05) is 6.92 Å². The molecular weight excluding hydrogens is 280 g/mol. The molecule has 102 valence electrons. The number of aromatic nitrogens is 2. The maximum Gasteiger partial charge on any atom is 0.224 e. The third-order valence-electron chi connectivity index (χ3n) is 2.71. The zero-order valence-corrected chi connectivity index (χ0v) is 12.6. The fraction of sp³-hybridized carbons (Fsp3) is 0.385. The first kappa shape index (κ1) is 14.1. The lowest BCUT2D eigenvalue weighted by Crippen LogP contribution is -2.07. The minimum Gasteiger partial charge on any atom is -0.364 e. The van der Waals surface area contributed by atoms with Crippen molar-refractivity contribution < 1.29 is 0 Å². The SMILES string of the molecule is CCNc1ncc(Cl)c(NCc2sccc2CC)n1. The molecule has 0 fully saturated rings. The number of aryl methyl sites for hydroxylation is 1. The molecule has 0 atom stereocenters. The van der Waals surface area contributed by atoms with Gasteiger partial charge in [-0.25, -0.2) is 4.98 Å². The van der Waals surface area contributed by atoms with Gasteiger partial charge in [0.15, 0.2) is 5.82 Å². The molecule has 0 saturated heterocycles. The summed E-state index contributed by atoms with van der Waals surface area (Å²) in [6.45, 7) is 5.69. The summed E-state index contributed by atoms with van der Waals surface area (Å²) in [4.78, 5) is 9.79. The second kappa shape index (κ2) is 6.73. The van der Waals surface area contributed by atoms with Gasteiger partial charge in [0, 0.05) is 11.4 Å². The average Bonchev–Trinajstić information content (AvgIpc) is 2.87. The number of anilines is 2. The standard InChI is InChI=1S/C13H17ClN4S/c1-3-9-5-6-19-11(9)8-16-12-10(14)7-17-13(18-12)15-4-2/h5-7H,3-4,8H2,1-2H3,(H2,15,16,17,18). The van der Waals surface area contributed by atoms with Crippen LogP contribution in [-0.4, -0.2) is 16.5 Å². The molecule has 0 aliphatic heterocycles. The minimum atomic E-state index is 0.538. The summed E-state index contributed by atoms with van der Waals surface area (Å²) in [6, 6.07) is 2.16. The van der Waals surface area contributed by atoms with E-state index in [0.29, 0.717) is 16.8 Å². The third-order valence-corrected chi connectivity index (χ3v) is 3.95. The first-order chi connectivity index (χ1) is 9.24. The maximum atomic E-state index is 6.10. The van der Waals surface area contributed by atoms with E-state index in [1.165, 1.54) is 10.4 Å². The molecule has 0 aromatic carbocycles. The van der Waals surface area contributed by atoms with E-state index in [0.717, 1.165) is 19.5 Å². The Bertz CT molecular complexity index is 541. The molecule has 0 spiro atoms. The van der Waals surface area contributed by atoms with Crippen molar-refractivity contribution in [2.24, 2.45) is 0 Å². The quantitative estimate of drug-likeness (QED) is 0.851. The zero-order valence-electron chi connectivity index (χ0n) is 11.0. The van der Waals surface area contributed by atoms with Crippen LogP contribution >= 0.6 is 22.9 Å². The van der Waals surface area contributed by atoms with Crippen LogP contribution in [0.3, 0.4) is 0 Å². The molecule has 0 aliphatic rings. The van der Waals surface area contributed by atoms with E-state index < -0.39 is 0 Å². The Balaban J connectivity index is 2.08. The van der Waals surface area contributed by atoms with E-state index >= 15 is 0 Å². The van der Waals surface area contributed by atoms with Crippen molar-refractivity contribution in [2.45, 2.75) is 26.8 Å². The molecule has 2 aromatic heterocycles. The van der Waals surface area contributed by atoms with Gasteiger partial charge in [0.1, 0.15) is 5.02 Å². The molecule has 6 heteroatoms. The largest absolute Gasteiger partial charge is 0.364 e. The molecule has 0 radical (unpaired) electrons. The van der Waals surface area contributed by atoms with E-state index in [2.05, 4.69) is 39.0 Å². The smallest absolute Gasteiger partial charge is 0.224 e. The van der Waals surface area contributed by atoms with Crippen molar-refractivity contribution in [3.05, 3.63) is 33.1 Å². The summed E-state index contributed by atoms with van der Waals surface area (Å²) in [5.74, 6) is 1.26. The van der Waals surface area contributed by atoms with Crippen molar-refractivity contribution in [1.82, 2.24) is 9.97 Å². The van der Waals surface area contributed by atoms with Crippen LogP contribution in [0.15, 0.2) is 17.6 Å². The van der Waals surface area contributed by atoms with Gasteiger partial charge in [-0.3, -0.25) is 0 Å². The van der Waals surface area contributed by atoms with E-state index in [9.17, 15) is 0 Å². The molecule has 2 N–H and O–H groups in total. The topological polar surface area (TPSA) is 49.8 Å². The molecule has 2 aromatic rings. The lowest BCUT2D eigenvalue weighted by Gasteiger charge is -2.09. The first-order valence-corrected chi connectivity index (χ1v) is 7.55. The Kier molecular flexibility index (Phi) is 4.99. The summed E-state index contributed by atoms with van der Waals surface area (Å²) in [5.41, 5.74) is 1.37. The van der Waals surface area contributed by atoms with Gasteiger partial charge >= 0.3 is 0 Å². The highest BCUT2D eigenvalue weighted by atomic mass is 35.5. The second-order valence-corrected chi connectivity index (χ2v) is 5.40. The normalized spacial score (nSPS) is 10.5. The molecule has 19 heavy (non-hydrogen) atoms. The molecule has 0 bridgehead atoms. The average molecular weight is 297 g/mol. The molecule has 0 amide bonds. The number of nitrogens with one attached hydrogen (secondary N) is 2.